The molecule has 1 heteroatoms. The van der Waals surface area contributed by atoms with Gasteiger partial charge in [-0.25, -0.2) is 0 Å². The van der Waals surface area contributed by atoms with E-state index in [1.807, 2.05) is 0 Å². The maximum atomic E-state index is 10.1. The summed E-state index contributed by atoms with van der Waals surface area (Å²) in [5.41, 5.74) is 4.99. The van der Waals surface area contributed by atoms with E-state index in [0.29, 0.717) is 0 Å². The Bertz CT molecular complexity index is 540. The second-order valence-corrected chi connectivity index (χ2v) is 5.43. The van der Waals surface area contributed by atoms with Crippen molar-refractivity contribution in [3.8, 4) is 11.1 Å². The van der Waals surface area contributed by atoms with Gasteiger partial charge in [-0.15, -0.1) is 0 Å². The van der Waals surface area contributed by atoms with Gasteiger partial charge in [0.1, 0.15) is 0 Å². The van der Waals surface area contributed by atoms with Crippen LogP contribution in [0.4, 0.5) is 0 Å². The van der Waals surface area contributed by atoms with Crippen molar-refractivity contribution >= 4 is 0 Å². The molecule has 1 aliphatic rings. The summed E-state index contributed by atoms with van der Waals surface area (Å²) in [6.45, 7) is 2.40. The molecular formula is C18H20O. The summed E-state index contributed by atoms with van der Waals surface area (Å²) in [6, 6.07) is 17.1. The van der Waals surface area contributed by atoms with Crippen LogP contribution in [0.25, 0.3) is 11.1 Å². The molecule has 0 radical (unpaired) electrons. The molecule has 19 heavy (non-hydrogen) atoms. The lowest BCUT2D eigenvalue weighted by atomic mass is 9.75. The minimum Gasteiger partial charge on any atom is -0.395 e. The highest BCUT2D eigenvalue weighted by Crippen LogP contribution is 2.50. The number of benzene rings is 2. The third-order valence-corrected chi connectivity index (χ3v) is 4.40. The highest BCUT2D eigenvalue weighted by molar-refractivity contribution is 5.81. The van der Waals surface area contributed by atoms with Gasteiger partial charge in [0.05, 0.1) is 6.61 Å². The molecule has 0 unspecified atom stereocenters. The van der Waals surface area contributed by atoms with Gasteiger partial charge in [-0.1, -0.05) is 68.3 Å². The molecule has 2 aromatic rings. The molecule has 3 rings (SSSR count). The van der Waals surface area contributed by atoms with E-state index in [-0.39, 0.29) is 12.0 Å². The van der Waals surface area contributed by atoms with Crippen molar-refractivity contribution in [1.82, 2.24) is 0 Å². The van der Waals surface area contributed by atoms with Crippen LogP contribution in [0.2, 0.25) is 0 Å². The van der Waals surface area contributed by atoms with Crippen LogP contribution in [0.3, 0.4) is 0 Å². The van der Waals surface area contributed by atoms with Crippen molar-refractivity contribution in [3.63, 3.8) is 0 Å². The van der Waals surface area contributed by atoms with Gasteiger partial charge in [-0.3, -0.25) is 0 Å². The molecule has 0 amide bonds. The van der Waals surface area contributed by atoms with Gasteiger partial charge in [0.25, 0.3) is 0 Å². The number of unbranched alkanes of at least 4 members (excludes halogenated alkanes) is 1. The quantitative estimate of drug-likeness (QED) is 0.867. The van der Waals surface area contributed by atoms with Crippen molar-refractivity contribution < 1.29 is 5.11 Å². The van der Waals surface area contributed by atoms with E-state index in [4.69, 9.17) is 0 Å². The predicted octanol–water partition coefficient (Wildman–Crippen LogP) is 4.14. The maximum Gasteiger partial charge on any atom is 0.0569 e. The summed E-state index contributed by atoms with van der Waals surface area (Å²) >= 11 is 0. The smallest absolute Gasteiger partial charge is 0.0569 e. The van der Waals surface area contributed by atoms with E-state index in [2.05, 4.69) is 55.5 Å². The number of aliphatic hydroxyl groups excluding tert-OH is 1. The topological polar surface area (TPSA) is 20.2 Å². The van der Waals surface area contributed by atoms with Crippen LogP contribution in [0.1, 0.15) is 37.3 Å². The largest absolute Gasteiger partial charge is 0.395 e. The minimum absolute atomic E-state index is 0.191. The monoisotopic (exact) mass is 252 g/mol. The SMILES string of the molecule is CCCCC1(CO)c2ccccc2-c2ccccc21. The van der Waals surface area contributed by atoms with Gasteiger partial charge < -0.3 is 5.11 Å². The number of hydrogen-bond donors (Lipinski definition) is 1. The molecule has 0 atom stereocenters. The molecule has 0 aromatic heterocycles. The zero-order chi connectivity index (χ0) is 13.3. The molecule has 0 fully saturated rings. The van der Waals surface area contributed by atoms with Crippen LogP contribution in [-0.4, -0.2) is 11.7 Å². The van der Waals surface area contributed by atoms with Gasteiger partial charge in [0, 0.05) is 5.41 Å². The second-order valence-electron chi connectivity index (χ2n) is 5.43. The summed E-state index contributed by atoms with van der Waals surface area (Å²) in [7, 11) is 0. The molecule has 0 bridgehead atoms. The van der Waals surface area contributed by atoms with Crippen LogP contribution >= 0.6 is 0 Å². The van der Waals surface area contributed by atoms with Crippen molar-refractivity contribution in [2.24, 2.45) is 0 Å². The first-order valence-corrected chi connectivity index (χ1v) is 7.14. The van der Waals surface area contributed by atoms with E-state index >= 15 is 0 Å². The number of aliphatic hydroxyl groups is 1. The standard InChI is InChI=1S/C18H20O/c1-2-3-12-18(13-19)16-10-6-4-8-14(16)15-9-5-7-11-17(15)18/h4-11,19H,2-3,12-13H2,1H3. The maximum absolute atomic E-state index is 10.1. The van der Waals surface area contributed by atoms with Crippen molar-refractivity contribution in [1.29, 1.82) is 0 Å². The average Bonchev–Trinajstić information content (AvgIpc) is 2.77. The van der Waals surface area contributed by atoms with Gasteiger partial charge in [0.2, 0.25) is 0 Å². The van der Waals surface area contributed by atoms with Crippen molar-refractivity contribution in [2.45, 2.75) is 31.6 Å². The van der Waals surface area contributed by atoms with Crippen molar-refractivity contribution in [2.75, 3.05) is 6.61 Å². The van der Waals surface area contributed by atoms with E-state index in [0.717, 1.165) is 19.3 Å². The van der Waals surface area contributed by atoms with Crippen LogP contribution in [0.15, 0.2) is 48.5 Å². The summed E-state index contributed by atoms with van der Waals surface area (Å²) in [4.78, 5) is 0. The molecule has 1 N–H and O–H groups in total. The molecule has 0 heterocycles. The van der Waals surface area contributed by atoms with Crippen LogP contribution in [0.5, 0.6) is 0 Å². The third-order valence-electron chi connectivity index (χ3n) is 4.40. The number of hydrogen-bond acceptors (Lipinski definition) is 1. The fraction of sp³-hybridized carbons (Fsp3) is 0.333. The summed E-state index contributed by atoms with van der Waals surface area (Å²) in [5, 5.41) is 10.1. The summed E-state index contributed by atoms with van der Waals surface area (Å²) < 4.78 is 0. The fourth-order valence-electron chi connectivity index (χ4n) is 3.41. The van der Waals surface area contributed by atoms with E-state index < -0.39 is 0 Å². The first-order valence-electron chi connectivity index (χ1n) is 7.14. The Labute approximate surface area is 114 Å². The summed E-state index contributed by atoms with van der Waals surface area (Å²) in [6.07, 6.45) is 3.32. The fourth-order valence-corrected chi connectivity index (χ4v) is 3.41. The minimum atomic E-state index is -0.191. The zero-order valence-corrected chi connectivity index (χ0v) is 11.4. The number of rotatable bonds is 4. The Balaban J connectivity index is 2.23. The van der Waals surface area contributed by atoms with E-state index in [9.17, 15) is 5.11 Å². The molecular weight excluding hydrogens is 232 g/mol. The van der Waals surface area contributed by atoms with E-state index in [1.165, 1.54) is 22.3 Å². The zero-order valence-electron chi connectivity index (χ0n) is 11.4. The van der Waals surface area contributed by atoms with Crippen molar-refractivity contribution in [3.05, 3.63) is 59.7 Å². The lowest BCUT2D eigenvalue weighted by molar-refractivity contribution is 0.212. The van der Waals surface area contributed by atoms with Crippen LogP contribution < -0.4 is 0 Å². The third kappa shape index (κ3) is 1.73. The molecule has 0 aliphatic heterocycles. The molecule has 0 spiro atoms. The van der Waals surface area contributed by atoms with Crippen LogP contribution in [-0.2, 0) is 5.41 Å². The first-order chi connectivity index (χ1) is 9.33. The summed E-state index contributed by atoms with van der Waals surface area (Å²) in [5.74, 6) is 0. The van der Waals surface area contributed by atoms with E-state index in [1.54, 1.807) is 0 Å². The van der Waals surface area contributed by atoms with Gasteiger partial charge in [-0.2, -0.15) is 0 Å². The highest BCUT2D eigenvalue weighted by Gasteiger charge is 2.41. The highest BCUT2D eigenvalue weighted by atomic mass is 16.3. The molecule has 2 aromatic carbocycles. The van der Waals surface area contributed by atoms with Crippen LogP contribution in [0, 0.1) is 0 Å². The van der Waals surface area contributed by atoms with Gasteiger partial charge in [0.15, 0.2) is 0 Å². The Morgan fingerprint density at radius 3 is 1.89 bits per heavy atom. The molecule has 0 saturated heterocycles. The number of fused-ring (bicyclic) bond motifs is 3. The average molecular weight is 252 g/mol. The Morgan fingerprint density at radius 1 is 0.895 bits per heavy atom. The Morgan fingerprint density at radius 2 is 1.42 bits per heavy atom. The lowest BCUT2D eigenvalue weighted by Gasteiger charge is -2.30. The molecule has 98 valence electrons. The second kappa shape index (κ2) is 4.82. The Kier molecular flexibility index (Phi) is 3.16. The normalized spacial score (nSPS) is 15.1. The first kappa shape index (κ1) is 12.4. The lowest BCUT2D eigenvalue weighted by Crippen LogP contribution is -2.29. The van der Waals surface area contributed by atoms with Gasteiger partial charge in [-0.05, 0) is 28.7 Å². The Hall–Kier alpha value is -1.60. The van der Waals surface area contributed by atoms with Gasteiger partial charge >= 0.3 is 0 Å². The predicted molar refractivity (Wildman–Crippen MR) is 79.3 cm³/mol. The molecule has 1 nitrogen and oxygen atoms in total. The molecule has 1 aliphatic carbocycles. The molecule has 0 saturated carbocycles.